The van der Waals surface area contributed by atoms with Gasteiger partial charge < -0.3 is 36.3 Å². The van der Waals surface area contributed by atoms with Gasteiger partial charge in [-0.05, 0) is 55.8 Å². The third kappa shape index (κ3) is 6.23. The molecule has 3 aliphatic heterocycles. The molecule has 6 rings (SSSR count). The van der Waals surface area contributed by atoms with Crippen molar-refractivity contribution in [3.05, 3.63) is 76.2 Å². The average Bonchev–Trinajstić information content (AvgIpc) is 3.64. The highest BCUT2D eigenvalue weighted by atomic mass is 32.2. The minimum Gasteiger partial charge on any atom is -0.508 e. The van der Waals surface area contributed by atoms with Crippen LogP contribution in [0.5, 0.6) is 5.75 Å². The second-order valence-corrected chi connectivity index (χ2v) is 14.9. The van der Waals surface area contributed by atoms with Crippen molar-refractivity contribution in [3.8, 4) is 17.1 Å². The zero-order valence-corrected chi connectivity index (χ0v) is 28.9. The van der Waals surface area contributed by atoms with Crippen LogP contribution in [0.4, 0.5) is 5.69 Å². The Bertz CT molecular complexity index is 2040. The number of amides is 4. The number of phenols is 1. The van der Waals surface area contributed by atoms with Crippen LogP contribution < -0.4 is 21.5 Å². The molecular weight excluding hydrogens is 698 g/mol. The van der Waals surface area contributed by atoms with Gasteiger partial charge in [0.1, 0.15) is 46.7 Å². The zero-order valence-electron chi connectivity index (χ0n) is 28.0. The third-order valence-electron chi connectivity index (χ3n) is 9.33. The van der Waals surface area contributed by atoms with E-state index in [4.69, 9.17) is 5.73 Å². The highest BCUT2D eigenvalue weighted by Crippen LogP contribution is 2.52. The van der Waals surface area contributed by atoms with E-state index in [0.29, 0.717) is 17.0 Å². The Balaban J connectivity index is 1.30. The Kier molecular flexibility index (Phi) is 9.51. The van der Waals surface area contributed by atoms with Crippen LogP contribution in [0.3, 0.4) is 0 Å². The van der Waals surface area contributed by atoms with Gasteiger partial charge in [0.25, 0.3) is 23.3 Å². The monoisotopic (exact) mass is 733 g/mol. The molecule has 1 aromatic heterocycles. The van der Waals surface area contributed by atoms with Crippen LogP contribution >= 0.6 is 11.8 Å². The van der Waals surface area contributed by atoms with Crippen molar-refractivity contribution in [3.63, 3.8) is 0 Å². The summed E-state index contributed by atoms with van der Waals surface area (Å²) in [6.07, 6.45) is -0.306. The van der Waals surface area contributed by atoms with E-state index in [1.54, 1.807) is 13.8 Å². The van der Waals surface area contributed by atoms with Gasteiger partial charge in [-0.1, -0.05) is 12.1 Å². The Hall–Kier alpha value is -5.43. The minimum atomic E-state index is -1.51. The van der Waals surface area contributed by atoms with Crippen molar-refractivity contribution in [1.29, 1.82) is 0 Å². The number of phenolic OH excluding ortho intramolecular Hbond substituents is 1. The summed E-state index contributed by atoms with van der Waals surface area (Å²) in [4.78, 5) is 101. The van der Waals surface area contributed by atoms with Gasteiger partial charge in [-0.25, -0.2) is 9.78 Å². The van der Waals surface area contributed by atoms with Gasteiger partial charge >= 0.3 is 5.97 Å². The summed E-state index contributed by atoms with van der Waals surface area (Å²) in [6, 6.07) is 6.03. The van der Waals surface area contributed by atoms with Crippen molar-refractivity contribution < 1.29 is 44.1 Å². The molecule has 0 bridgehead atoms. The number of hydrogen-bond acceptors (Lipinski definition) is 13. The summed E-state index contributed by atoms with van der Waals surface area (Å²) >= 11 is 1.09. The first-order valence-electron chi connectivity index (χ1n) is 16.1. The fourth-order valence-corrected chi connectivity index (χ4v) is 8.41. The molecule has 4 heterocycles. The molecule has 4 amide bonds. The number of carboxylic acids is 1. The number of benzene rings is 2. The summed E-state index contributed by atoms with van der Waals surface area (Å²) < 4.78 is -0.988. The molecule has 0 aliphatic carbocycles. The molecule has 0 radical (unpaired) electrons. The lowest BCUT2D eigenvalue weighted by Gasteiger charge is -2.47. The molecule has 7 N–H and O–H groups in total. The lowest BCUT2D eigenvalue weighted by molar-refractivity contribution is -0.166. The van der Waals surface area contributed by atoms with Crippen molar-refractivity contribution in [1.82, 2.24) is 25.1 Å². The SMILES string of the molecule is CC(=O)N(c1ccc(-c2ncc(C(=O)N(C(=O)C(N)c3ccc(O)cc3)[C@@H]3C(=O)N4[C@@H]3SC(C)(C)[C@@H]4C(=O)O)c(=O)[nH]2)cc1)C(O)[C@H]1NCCC1=O. The number of aliphatic hydroxyl groups excluding tert-OH is 1. The first-order valence-corrected chi connectivity index (χ1v) is 17.0. The van der Waals surface area contributed by atoms with Gasteiger partial charge in [-0.3, -0.25) is 38.6 Å². The number of aromatic nitrogens is 2. The molecule has 18 heteroatoms. The number of fused-ring (bicyclic) bond motifs is 1. The molecule has 17 nitrogen and oxygen atoms in total. The quantitative estimate of drug-likeness (QED) is 0.124. The van der Waals surface area contributed by atoms with Gasteiger partial charge in [0.2, 0.25) is 5.91 Å². The number of nitrogens with one attached hydrogen (secondary N) is 2. The summed E-state index contributed by atoms with van der Waals surface area (Å²) in [5.74, 6) is -5.17. The fraction of sp³-hybridized carbons (Fsp3) is 0.353. The van der Waals surface area contributed by atoms with Crippen LogP contribution in [0.25, 0.3) is 11.4 Å². The maximum Gasteiger partial charge on any atom is 0.327 e. The van der Waals surface area contributed by atoms with Gasteiger partial charge in [0, 0.05) is 42.1 Å². The number of carbonyl (C=O) groups excluding carboxylic acids is 5. The van der Waals surface area contributed by atoms with Crippen molar-refractivity contribution in [2.75, 3.05) is 11.4 Å². The Morgan fingerprint density at radius 1 is 1.06 bits per heavy atom. The molecule has 272 valence electrons. The van der Waals surface area contributed by atoms with Crippen molar-refractivity contribution >= 4 is 52.8 Å². The molecule has 2 aromatic carbocycles. The van der Waals surface area contributed by atoms with E-state index in [1.807, 2.05) is 0 Å². The summed E-state index contributed by atoms with van der Waals surface area (Å²) in [7, 11) is 0. The highest BCUT2D eigenvalue weighted by molar-refractivity contribution is 8.01. The number of carbonyl (C=O) groups is 6. The smallest absolute Gasteiger partial charge is 0.327 e. The first-order chi connectivity index (χ1) is 24.5. The molecule has 6 atom stereocenters. The molecule has 3 aromatic rings. The molecule has 0 spiro atoms. The number of Topliss-reactive ketones (excluding diaryl/α,β-unsaturated/α-hetero) is 1. The number of carboxylic acid groups (broad SMARTS) is 1. The Morgan fingerprint density at radius 3 is 2.27 bits per heavy atom. The number of hydrogen-bond donors (Lipinski definition) is 6. The second-order valence-electron chi connectivity index (χ2n) is 13.1. The number of aliphatic hydroxyl groups is 1. The summed E-state index contributed by atoms with van der Waals surface area (Å²) in [6.45, 7) is 4.87. The predicted octanol–water partition coefficient (Wildman–Crippen LogP) is -0.0709. The van der Waals surface area contributed by atoms with Crippen LogP contribution in [0.1, 0.15) is 49.2 Å². The number of thioether (sulfide) groups is 1. The van der Waals surface area contributed by atoms with E-state index in [2.05, 4.69) is 15.3 Å². The largest absolute Gasteiger partial charge is 0.508 e. The first kappa shape index (κ1) is 36.4. The lowest BCUT2D eigenvalue weighted by Crippen LogP contribution is -2.72. The van der Waals surface area contributed by atoms with Crippen molar-refractivity contribution in [2.24, 2.45) is 5.73 Å². The fourth-order valence-electron chi connectivity index (χ4n) is 6.73. The topological polar surface area (TPSA) is 257 Å². The van der Waals surface area contributed by atoms with E-state index in [1.165, 1.54) is 55.5 Å². The zero-order chi connectivity index (χ0) is 37.8. The van der Waals surface area contributed by atoms with Crippen LogP contribution in [-0.4, -0.2) is 111 Å². The maximum atomic E-state index is 14.1. The highest BCUT2D eigenvalue weighted by Gasteiger charge is 2.67. The van der Waals surface area contributed by atoms with Gasteiger partial charge in [0.05, 0.1) is 0 Å². The number of rotatable bonds is 9. The number of β-lactam (4-membered cyclic amide) rings is 1. The molecular formula is C34H35N7O10S. The number of aliphatic carboxylic acids is 1. The van der Waals surface area contributed by atoms with Gasteiger partial charge in [0.15, 0.2) is 12.0 Å². The number of H-pyrrole nitrogens is 1. The number of anilines is 1. The molecule has 0 saturated carbocycles. The van der Waals surface area contributed by atoms with Crippen LogP contribution in [0.15, 0.2) is 59.5 Å². The number of aromatic amines is 1. The maximum absolute atomic E-state index is 14.1. The normalized spacial score (nSPS) is 23.0. The number of nitrogens with two attached hydrogens (primary N) is 1. The Morgan fingerprint density at radius 2 is 1.71 bits per heavy atom. The standard InChI is InChI=1S/C34H35N7O10S/c1-15(42)39(30(48)23-21(44)12-13-36-23)18-8-4-17(5-9-18)26-37-14-20(27(45)38-26)28(46)40(29(47)22(35)16-6-10-19(43)11-7-16)24-31(49)41-25(33(50)51)34(2,3)52-32(24)41/h4-11,14,22-25,30,32,36,43,48H,12-13,35H2,1-3H3,(H,50,51)(H,37,38,45)/t22?,23-,24+,25-,30?,32+/m0/s1. The second kappa shape index (κ2) is 13.6. The molecule has 3 saturated heterocycles. The van der Waals surface area contributed by atoms with E-state index < -0.39 is 81.2 Å². The predicted molar refractivity (Wildman–Crippen MR) is 185 cm³/mol. The van der Waals surface area contributed by atoms with Crippen molar-refractivity contribution in [2.45, 2.75) is 67.7 Å². The Labute approximate surface area is 299 Å². The van der Waals surface area contributed by atoms with Crippen LogP contribution in [-0.2, 0) is 24.0 Å². The van der Waals surface area contributed by atoms with E-state index in [9.17, 15) is 48.9 Å². The van der Waals surface area contributed by atoms with E-state index in [-0.39, 0.29) is 35.0 Å². The number of ketones is 1. The van der Waals surface area contributed by atoms with Crippen LogP contribution in [0.2, 0.25) is 0 Å². The molecule has 52 heavy (non-hydrogen) atoms. The third-order valence-corrected chi connectivity index (χ3v) is 10.9. The number of nitrogens with zero attached hydrogens (tertiary/aromatic N) is 4. The van der Waals surface area contributed by atoms with Gasteiger partial charge in [-0.2, -0.15) is 0 Å². The molecule has 3 aliphatic rings. The number of imide groups is 1. The lowest BCUT2D eigenvalue weighted by atomic mass is 9.94. The summed E-state index contributed by atoms with van der Waals surface area (Å²) in [5.41, 5.74) is 5.50. The minimum absolute atomic E-state index is 0.00220. The molecule has 3 fully saturated rings. The van der Waals surface area contributed by atoms with Crippen LogP contribution in [0, 0.1) is 0 Å². The molecule has 2 unspecified atom stereocenters. The van der Waals surface area contributed by atoms with E-state index >= 15 is 0 Å². The van der Waals surface area contributed by atoms with Gasteiger partial charge in [-0.15, -0.1) is 11.8 Å². The van der Waals surface area contributed by atoms with E-state index in [0.717, 1.165) is 27.8 Å². The average molecular weight is 734 g/mol. The number of aromatic hydroxyl groups is 1. The summed E-state index contributed by atoms with van der Waals surface area (Å²) in [5, 5.41) is 32.3.